The van der Waals surface area contributed by atoms with E-state index < -0.39 is 11.9 Å². The summed E-state index contributed by atoms with van der Waals surface area (Å²) in [6, 6.07) is 12.3. The van der Waals surface area contributed by atoms with Crippen LogP contribution < -0.4 is 9.47 Å². The number of rotatable bonds is 8. The predicted octanol–water partition coefficient (Wildman–Crippen LogP) is 5.49. The fraction of sp³-hybridized carbons (Fsp3) is 0.269. The van der Waals surface area contributed by atoms with Gasteiger partial charge in [0.05, 0.1) is 24.7 Å². The third-order valence-electron chi connectivity index (χ3n) is 4.75. The van der Waals surface area contributed by atoms with Crippen LogP contribution in [0.15, 0.2) is 63.7 Å². The summed E-state index contributed by atoms with van der Waals surface area (Å²) in [6.45, 7) is 8.41. The molecule has 0 aromatic heterocycles. The van der Waals surface area contributed by atoms with Crippen molar-refractivity contribution in [1.82, 2.24) is 0 Å². The van der Waals surface area contributed by atoms with Gasteiger partial charge in [-0.25, -0.2) is 9.79 Å². The fourth-order valence-corrected chi connectivity index (χ4v) is 4.16. The maximum absolute atomic E-state index is 12.7. The summed E-state index contributed by atoms with van der Waals surface area (Å²) in [5.74, 6) is -0.342. The maximum Gasteiger partial charge on any atom is 0.344 e. The smallest absolute Gasteiger partial charge is 0.344 e. The molecule has 0 bridgehead atoms. The lowest BCUT2D eigenvalue weighted by molar-refractivity contribution is -0.138. The van der Waals surface area contributed by atoms with Gasteiger partial charge in [0.15, 0.2) is 0 Å². The van der Waals surface area contributed by atoms with Crippen molar-refractivity contribution in [1.29, 1.82) is 0 Å². The number of benzene rings is 2. The van der Waals surface area contributed by atoms with Gasteiger partial charge in [-0.05, 0) is 58.0 Å². The number of ether oxygens (including phenoxy) is 3. The molecule has 0 atom stereocenters. The summed E-state index contributed by atoms with van der Waals surface area (Å²) in [6.07, 6.45) is 1.68. The minimum Gasteiger partial charge on any atom is -0.506 e. The Balaban J connectivity index is 2.03. The maximum atomic E-state index is 12.7. The minimum absolute atomic E-state index is 0.0803. The number of aryl methyl sites for hydroxylation is 1. The quantitative estimate of drug-likeness (QED) is 0.498. The monoisotopic (exact) mass is 481 g/mol. The summed E-state index contributed by atoms with van der Waals surface area (Å²) in [5, 5.41) is 11.0. The van der Waals surface area contributed by atoms with Crippen molar-refractivity contribution in [2.75, 3.05) is 19.8 Å². The highest BCUT2D eigenvalue weighted by Gasteiger charge is 2.34. The number of hydrogen-bond acceptors (Lipinski definition) is 7. The first-order valence-electron chi connectivity index (χ1n) is 11.0. The van der Waals surface area contributed by atoms with Gasteiger partial charge in [-0.15, -0.1) is 0 Å². The minimum atomic E-state index is -0.747. The van der Waals surface area contributed by atoms with Gasteiger partial charge in [0.25, 0.3) is 5.91 Å². The summed E-state index contributed by atoms with van der Waals surface area (Å²) >= 11 is 1.02. The van der Waals surface area contributed by atoms with E-state index in [9.17, 15) is 14.7 Å². The second kappa shape index (κ2) is 11.6. The standard InChI is InChI=1S/C26H27NO6S/c1-5-31-19-13-12-18(20(15-19)32-6-2)14-21-23(28)22(26(30)33-7-3)25(34-21)27-24(29)17-10-8-16(4)9-11-17/h8-15,28H,5-7H2,1-4H3/b21-14+,27-25?. The molecular weight excluding hydrogens is 454 g/mol. The molecule has 0 unspecified atom stereocenters. The van der Waals surface area contributed by atoms with E-state index in [1.165, 1.54) is 0 Å². The van der Waals surface area contributed by atoms with Crippen molar-refractivity contribution < 1.29 is 28.9 Å². The van der Waals surface area contributed by atoms with Gasteiger partial charge >= 0.3 is 5.97 Å². The summed E-state index contributed by atoms with van der Waals surface area (Å²) < 4.78 is 16.4. The molecule has 0 saturated carbocycles. The molecule has 2 aromatic carbocycles. The number of aliphatic imine (C=N–C) groups is 1. The number of carbonyl (C=O) groups excluding carboxylic acids is 2. The lowest BCUT2D eigenvalue weighted by atomic mass is 10.1. The van der Waals surface area contributed by atoms with Gasteiger partial charge in [0.1, 0.15) is 27.9 Å². The second-order valence-electron chi connectivity index (χ2n) is 7.21. The van der Waals surface area contributed by atoms with Crippen molar-refractivity contribution in [3.05, 3.63) is 75.4 Å². The molecular formula is C26H27NO6S. The molecule has 8 heteroatoms. The summed E-state index contributed by atoms with van der Waals surface area (Å²) in [5.41, 5.74) is 1.93. The molecule has 178 valence electrons. The van der Waals surface area contributed by atoms with E-state index >= 15 is 0 Å². The number of hydrogen-bond donors (Lipinski definition) is 1. The molecule has 0 aliphatic carbocycles. The molecule has 1 N–H and O–H groups in total. The molecule has 34 heavy (non-hydrogen) atoms. The molecule has 1 aliphatic heterocycles. The molecule has 0 saturated heterocycles. The van der Waals surface area contributed by atoms with Gasteiger partial charge in [0, 0.05) is 17.2 Å². The summed E-state index contributed by atoms with van der Waals surface area (Å²) in [4.78, 5) is 29.8. The van der Waals surface area contributed by atoms with E-state index in [4.69, 9.17) is 14.2 Å². The average Bonchev–Trinajstić information content (AvgIpc) is 3.11. The number of aliphatic hydroxyl groups excluding tert-OH is 1. The Bertz CT molecular complexity index is 1160. The molecule has 0 radical (unpaired) electrons. The number of nitrogens with zero attached hydrogens (tertiary/aromatic N) is 1. The van der Waals surface area contributed by atoms with Crippen molar-refractivity contribution in [3.8, 4) is 11.5 Å². The molecule has 0 spiro atoms. The van der Waals surface area contributed by atoms with Crippen molar-refractivity contribution in [2.24, 2.45) is 4.99 Å². The number of amides is 1. The molecule has 0 fully saturated rings. The Morgan fingerprint density at radius 2 is 1.71 bits per heavy atom. The largest absolute Gasteiger partial charge is 0.506 e. The zero-order valence-electron chi connectivity index (χ0n) is 19.6. The zero-order chi connectivity index (χ0) is 24.7. The average molecular weight is 482 g/mol. The Hall–Kier alpha value is -3.52. The van der Waals surface area contributed by atoms with Gasteiger partial charge in [-0.1, -0.05) is 29.5 Å². The topological polar surface area (TPSA) is 94.4 Å². The molecule has 1 aliphatic rings. The van der Waals surface area contributed by atoms with E-state index in [1.807, 2.05) is 20.8 Å². The highest BCUT2D eigenvalue weighted by Crippen LogP contribution is 2.40. The van der Waals surface area contributed by atoms with Crippen molar-refractivity contribution in [2.45, 2.75) is 27.7 Å². The number of carbonyl (C=O) groups is 2. The Morgan fingerprint density at radius 1 is 1.00 bits per heavy atom. The van der Waals surface area contributed by atoms with Crippen LogP contribution in [0.25, 0.3) is 6.08 Å². The molecule has 7 nitrogen and oxygen atoms in total. The first-order valence-corrected chi connectivity index (χ1v) is 11.8. The third kappa shape index (κ3) is 5.88. The first kappa shape index (κ1) is 25.1. The zero-order valence-corrected chi connectivity index (χ0v) is 20.4. The fourth-order valence-electron chi connectivity index (χ4n) is 3.16. The van der Waals surface area contributed by atoms with Crippen molar-refractivity contribution in [3.63, 3.8) is 0 Å². The summed E-state index contributed by atoms with van der Waals surface area (Å²) in [7, 11) is 0. The van der Waals surface area contributed by atoms with Gasteiger partial charge < -0.3 is 19.3 Å². The van der Waals surface area contributed by atoms with E-state index in [0.717, 1.165) is 17.3 Å². The molecule has 1 amide bonds. The second-order valence-corrected chi connectivity index (χ2v) is 8.24. The van der Waals surface area contributed by atoms with E-state index in [2.05, 4.69) is 4.99 Å². The van der Waals surface area contributed by atoms with Crippen LogP contribution in [0.3, 0.4) is 0 Å². The third-order valence-corrected chi connectivity index (χ3v) is 5.77. The van der Waals surface area contributed by atoms with E-state index in [1.54, 1.807) is 55.5 Å². The molecule has 3 rings (SSSR count). The molecule has 1 heterocycles. The number of esters is 1. The van der Waals surface area contributed by atoms with Crippen LogP contribution in [0.4, 0.5) is 0 Å². The Labute approximate surface area is 203 Å². The lowest BCUT2D eigenvalue weighted by Gasteiger charge is -2.11. The van der Waals surface area contributed by atoms with E-state index in [0.29, 0.717) is 40.7 Å². The normalized spacial score (nSPS) is 15.6. The van der Waals surface area contributed by atoms with Crippen LogP contribution in [0.2, 0.25) is 0 Å². The Kier molecular flexibility index (Phi) is 8.54. The number of thioether (sulfide) groups is 1. The van der Waals surface area contributed by atoms with Crippen LogP contribution in [0, 0.1) is 6.92 Å². The first-order chi connectivity index (χ1) is 16.4. The molecule has 2 aromatic rings. The Morgan fingerprint density at radius 3 is 2.35 bits per heavy atom. The van der Waals surface area contributed by atoms with Gasteiger partial charge in [0.2, 0.25) is 0 Å². The van der Waals surface area contributed by atoms with Crippen LogP contribution in [-0.4, -0.2) is 41.8 Å². The lowest BCUT2D eigenvalue weighted by Crippen LogP contribution is -2.14. The van der Waals surface area contributed by atoms with Crippen molar-refractivity contribution >= 4 is 34.8 Å². The predicted molar refractivity (Wildman–Crippen MR) is 134 cm³/mol. The van der Waals surface area contributed by atoms with Crippen LogP contribution >= 0.6 is 11.8 Å². The van der Waals surface area contributed by atoms with Crippen LogP contribution in [-0.2, 0) is 9.53 Å². The van der Waals surface area contributed by atoms with Crippen LogP contribution in [0.5, 0.6) is 11.5 Å². The SMILES string of the molecule is CCOC(=O)C1=C(O)/C(=C\c2ccc(OCC)cc2OCC)SC1=NC(=O)c1ccc(C)cc1. The highest BCUT2D eigenvalue weighted by atomic mass is 32.2. The highest BCUT2D eigenvalue weighted by molar-refractivity contribution is 8.18. The van der Waals surface area contributed by atoms with E-state index in [-0.39, 0.29) is 23.0 Å². The van der Waals surface area contributed by atoms with Crippen LogP contribution in [0.1, 0.15) is 42.3 Å². The van der Waals surface area contributed by atoms with Gasteiger partial charge in [-0.2, -0.15) is 0 Å². The van der Waals surface area contributed by atoms with Gasteiger partial charge in [-0.3, -0.25) is 4.79 Å². The number of aliphatic hydroxyl groups is 1.